The van der Waals surface area contributed by atoms with E-state index < -0.39 is 0 Å². The molecule has 2 aromatic rings. The molecule has 0 aromatic heterocycles. The highest BCUT2D eigenvalue weighted by Crippen LogP contribution is 2.43. The third kappa shape index (κ3) is 2.51. The van der Waals surface area contributed by atoms with Crippen molar-refractivity contribution in [3.05, 3.63) is 70.8 Å². The highest BCUT2D eigenvalue weighted by molar-refractivity contribution is 5.46. The normalized spacial score (nSPS) is 24.6. The molecule has 0 aliphatic heterocycles. The lowest BCUT2D eigenvalue weighted by Crippen LogP contribution is -2.41. The van der Waals surface area contributed by atoms with Crippen LogP contribution in [0.3, 0.4) is 0 Å². The maximum Gasteiger partial charge on any atom is 0.0668 e. The van der Waals surface area contributed by atoms with Crippen molar-refractivity contribution in [1.29, 1.82) is 0 Å². The van der Waals surface area contributed by atoms with Crippen molar-refractivity contribution in [1.82, 2.24) is 0 Å². The molecule has 2 N–H and O–H groups in total. The van der Waals surface area contributed by atoms with E-state index in [0.717, 1.165) is 19.3 Å². The van der Waals surface area contributed by atoms with Crippen LogP contribution in [0.1, 0.15) is 61.3 Å². The van der Waals surface area contributed by atoms with Gasteiger partial charge in [0.05, 0.1) is 5.54 Å². The average molecular weight is 279 g/mol. The fraction of sp³-hybridized carbons (Fsp3) is 0.400. The minimum absolute atomic E-state index is 0.327. The van der Waals surface area contributed by atoms with Crippen LogP contribution in [-0.2, 0) is 12.0 Å². The molecule has 2 aromatic carbocycles. The number of hydrogen-bond acceptors (Lipinski definition) is 1. The largest absolute Gasteiger partial charge is 0.318 e. The fourth-order valence-corrected chi connectivity index (χ4v) is 3.66. The highest BCUT2D eigenvalue weighted by Gasteiger charge is 2.36. The summed E-state index contributed by atoms with van der Waals surface area (Å²) in [7, 11) is 0. The Labute approximate surface area is 128 Å². The molecule has 21 heavy (non-hydrogen) atoms. The molecular weight excluding hydrogens is 254 g/mol. The average Bonchev–Trinajstić information content (AvgIpc) is 2.52. The summed E-state index contributed by atoms with van der Waals surface area (Å²) in [4.78, 5) is 0. The standard InChI is InChI=1S/C20H25N/c1-3-7-16-8-6-9-17(14-16)20(21)13-12-15(2)18-10-4-5-11-19(18)20/h4-6,8-11,14-15H,3,7,12-13,21H2,1-2H3. The van der Waals surface area contributed by atoms with Crippen LogP contribution in [0.2, 0.25) is 0 Å². The summed E-state index contributed by atoms with van der Waals surface area (Å²) in [5.74, 6) is 0.608. The van der Waals surface area contributed by atoms with E-state index in [1.165, 1.54) is 28.7 Å². The van der Waals surface area contributed by atoms with Crippen LogP contribution in [0, 0.1) is 0 Å². The topological polar surface area (TPSA) is 26.0 Å². The summed E-state index contributed by atoms with van der Waals surface area (Å²) in [6.07, 6.45) is 4.49. The molecule has 0 spiro atoms. The number of hydrogen-bond donors (Lipinski definition) is 1. The lowest BCUT2D eigenvalue weighted by atomic mass is 9.69. The molecule has 1 aliphatic carbocycles. The number of aryl methyl sites for hydroxylation is 1. The van der Waals surface area contributed by atoms with Gasteiger partial charge in [-0.25, -0.2) is 0 Å². The number of nitrogens with two attached hydrogens (primary N) is 1. The summed E-state index contributed by atoms with van der Waals surface area (Å²) in [5, 5.41) is 0. The molecule has 1 heteroatoms. The molecule has 0 saturated heterocycles. The van der Waals surface area contributed by atoms with Crippen molar-refractivity contribution >= 4 is 0 Å². The monoisotopic (exact) mass is 279 g/mol. The highest BCUT2D eigenvalue weighted by atomic mass is 14.8. The maximum absolute atomic E-state index is 6.92. The van der Waals surface area contributed by atoms with E-state index in [2.05, 4.69) is 62.4 Å². The Kier molecular flexibility index (Phi) is 3.86. The van der Waals surface area contributed by atoms with Gasteiger partial charge in [-0.15, -0.1) is 0 Å². The number of benzene rings is 2. The van der Waals surface area contributed by atoms with Crippen LogP contribution in [-0.4, -0.2) is 0 Å². The molecule has 0 heterocycles. The molecule has 3 rings (SSSR count). The maximum atomic E-state index is 6.92. The van der Waals surface area contributed by atoms with E-state index in [4.69, 9.17) is 5.73 Å². The third-order valence-electron chi connectivity index (χ3n) is 4.92. The quantitative estimate of drug-likeness (QED) is 0.863. The lowest BCUT2D eigenvalue weighted by molar-refractivity contribution is 0.411. The van der Waals surface area contributed by atoms with E-state index in [1.807, 2.05) is 0 Å². The van der Waals surface area contributed by atoms with Gasteiger partial charge in [-0.1, -0.05) is 68.8 Å². The zero-order chi connectivity index (χ0) is 14.9. The Morgan fingerprint density at radius 3 is 2.76 bits per heavy atom. The Bertz CT molecular complexity index is 631. The van der Waals surface area contributed by atoms with Gasteiger partial charge in [-0.3, -0.25) is 0 Å². The van der Waals surface area contributed by atoms with Crippen molar-refractivity contribution in [2.45, 2.75) is 51.0 Å². The Morgan fingerprint density at radius 2 is 1.95 bits per heavy atom. The van der Waals surface area contributed by atoms with E-state index in [0.29, 0.717) is 5.92 Å². The molecule has 0 radical (unpaired) electrons. The van der Waals surface area contributed by atoms with Crippen LogP contribution in [0.4, 0.5) is 0 Å². The Balaban J connectivity index is 2.09. The predicted octanol–water partition coefficient (Wildman–Crippen LogP) is 4.74. The number of fused-ring (bicyclic) bond motifs is 1. The molecule has 110 valence electrons. The van der Waals surface area contributed by atoms with Crippen molar-refractivity contribution in [2.75, 3.05) is 0 Å². The fourth-order valence-electron chi connectivity index (χ4n) is 3.66. The van der Waals surface area contributed by atoms with Gasteiger partial charge in [0.15, 0.2) is 0 Å². The van der Waals surface area contributed by atoms with E-state index >= 15 is 0 Å². The van der Waals surface area contributed by atoms with E-state index in [9.17, 15) is 0 Å². The second kappa shape index (κ2) is 5.65. The first-order valence-corrected chi connectivity index (χ1v) is 8.13. The van der Waals surface area contributed by atoms with Gasteiger partial charge in [0, 0.05) is 0 Å². The molecule has 0 amide bonds. The van der Waals surface area contributed by atoms with Crippen LogP contribution in [0.25, 0.3) is 0 Å². The van der Waals surface area contributed by atoms with Gasteiger partial charge < -0.3 is 5.73 Å². The SMILES string of the molecule is CCCc1cccc(C2(N)CCC(C)c3ccccc32)c1. The van der Waals surface area contributed by atoms with Gasteiger partial charge in [0.25, 0.3) is 0 Å². The van der Waals surface area contributed by atoms with Gasteiger partial charge in [-0.2, -0.15) is 0 Å². The van der Waals surface area contributed by atoms with Gasteiger partial charge in [0.2, 0.25) is 0 Å². The Hall–Kier alpha value is -1.60. The van der Waals surface area contributed by atoms with Gasteiger partial charge in [0.1, 0.15) is 0 Å². The van der Waals surface area contributed by atoms with Crippen molar-refractivity contribution in [3.63, 3.8) is 0 Å². The summed E-state index contributed by atoms with van der Waals surface area (Å²) >= 11 is 0. The predicted molar refractivity (Wildman–Crippen MR) is 89.5 cm³/mol. The zero-order valence-corrected chi connectivity index (χ0v) is 13.1. The molecule has 2 atom stereocenters. The zero-order valence-electron chi connectivity index (χ0n) is 13.1. The summed E-state index contributed by atoms with van der Waals surface area (Å²) < 4.78 is 0. The van der Waals surface area contributed by atoms with Crippen LogP contribution < -0.4 is 5.73 Å². The molecule has 1 aliphatic rings. The summed E-state index contributed by atoms with van der Waals surface area (Å²) in [5.41, 5.74) is 12.0. The first-order chi connectivity index (χ1) is 10.1. The second-order valence-corrected chi connectivity index (χ2v) is 6.45. The smallest absolute Gasteiger partial charge is 0.0668 e. The van der Waals surface area contributed by atoms with Crippen LogP contribution >= 0.6 is 0 Å². The molecule has 1 nitrogen and oxygen atoms in total. The minimum atomic E-state index is -0.327. The molecule has 2 unspecified atom stereocenters. The van der Waals surface area contributed by atoms with Crippen LogP contribution in [0.15, 0.2) is 48.5 Å². The summed E-state index contributed by atoms with van der Waals surface area (Å²) in [6.45, 7) is 4.54. The van der Waals surface area contributed by atoms with Gasteiger partial charge in [-0.05, 0) is 47.4 Å². The first kappa shape index (κ1) is 14.3. The van der Waals surface area contributed by atoms with Gasteiger partial charge >= 0.3 is 0 Å². The molecule has 0 saturated carbocycles. The molecule has 0 bridgehead atoms. The van der Waals surface area contributed by atoms with Crippen molar-refractivity contribution < 1.29 is 0 Å². The van der Waals surface area contributed by atoms with Crippen molar-refractivity contribution in [2.24, 2.45) is 5.73 Å². The number of rotatable bonds is 3. The summed E-state index contributed by atoms with van der Waals surface area (Å²) in [6, 6.07) is 17.6. The Morgan fingerprint density at radius 1 is 1.14 bits per heavy atom. The molecule has 0 fully saturated rings. The third-order valence-corrected chi connectivity index (χ3v) is 4.92. The van der Waals surface area contributed by atoms with E-state index in [1.54, 1.807) is 0 Å². The van der Waals surface area contributed by atoms with Crippen LogP contribution in [0.5, 0.6) is 0 Å². The lowest BCUT2D eigenvalue weighted by Gasteiger charge is -2.39. The molecular formula is C20H25N. The first-order valence-electron chi connectivity index (χ1n) is 8.13. The second-order valence-electron chi connectivity index (χ2n) is 6.45. The van der Waals surface area contributed by atoms with Crippen molar-refractivity contribution in [3.8, 4) is 0 Å². The van der Waals surface area contributed by atoms with E-state index in [-0.39, 0.29) is 5.54 Å². The minimum Gasteiger partial charge on any atom is -0.318 e.